The van der Waals surface area contributed by atoms with Crippen LogP contribution < -0.4 is 21.7 Å². The molecule has 3 aliphatic carbocycles. The Hall–Kier alpha value is -3.94. The molecule has 2 amide bonds. The van der Waals surface area contributed by atoms with E-state index in [1.807, 2.05) is 18.7 Å². The maximum absolute atomic E-state index is 14.0. The third-order valence-corrected chi connectivity index (χ3v) is 8.26. The predicted molar refractivity (Wildman–Crippen MR) is 145 cm³/mol. The number of nitrogens with two attached hydrogens (primary N) is 2. The molecule has 0 radical (unpaired) electrons. The number of aliphatic hydroxyl groups excluding tert-OH is 2. The van der Waals surface area contributed by atoms with Crippen molar-refractivity contribution in [3.8, 4) is 5.75 Å². The Morgan fingerprint density at radius 3 is 2.30 bits per heavy atom. The number of ketones is 2. The third-order valence-electron chi connectivity index (χ3n) is 8.26. The first-order chi connectivity index (χ1) is 18.8. The van der Waals surface area contributed by atoms with Crippen LogP contribution in [0, 0.1) is 11.8 Å². The van der Waals surface area contributed by atoms with Crippen molar-refractivity contribution in [2.75, 3.05) is 43.9 Å². The van der Waals surface area contributed by atoms with Crippen LogP contribution in [0.1, 0.15) is 36.2 Å². The second-order valence-electron chi connectivity index (χ2n) is 10.5. The lowest BCUT2D eigenvalue weighted by atomic mass is 9.58. The number of fused-ring (bicyclic) bond motifs is 3. The fourth-order valence-electron chi connectivity index (χ4n) is 6.44. The highest BCUT2D eigenvalue weighted by Crippen LogP contribution is 2.54. The van der Waals surface area contributed by atoms with Crippen molar-refractivity contribution < 1.29 is 39.6 Å². The van der Waals surface area contributed by atoms with E-state index >= 15 is 0 Å². The Balaban J connectivity index is 1.99. The lowest BCUT2D eigenvalue weighted by Gasteiger charge is -2.50. The van der Waals surface area contributed by atoms with Gasteiger partial charge in [-0.15, -0.1) is 0 Å². The second-order valence-corrected chi connectivity index (χ2v) is 10.5. The number of Topliss-reactive ketones (excluding diaryl/α,β-unsaturated/α-hetero) is 2. The number of carbonyl (C=O) groups excluding carboxylic acids is 4. The van der Waals surface area contributed by atoms with Crippen LogP contribution in [-0.2, 0) is 20.8 Å². The van der Waals surface area contributed by atoms with Gasteiger partial charge in [-0.2, -0.15) is 0 Å². The summed E-state index contributed by atoms with van der Waals surface area (Å²) in [5, 5.41) is 47.7. The molecule has 13 nitrogen and oxygen atoms in total. The molecule has 40 heavy (non-hydrogen) atoms. The predicted octanol–water partition coefficient (Wildman–Crippen LogP) is -0.136. The van der Waals surface area contributed by atoms with Crippen LogP contribution in [0.3, 0.4) is 0 Å². The van der Waals surface area contributed by atoms with Crippen LogP contribution in [0.25, 0.3) is 0 Å². The van der Waals surface area contributed by atoms with Gasteiger partial charge < -0.3 is 42.1 Å². The molecule has 4 rings (SSSR count). The first-order valence-corrected chi connectivity index (χ1v) is 13.0. The molecule has 3 aliphatic rings. The Bertz CT molecular complexity index is 1380. The van der Waals surface area contributed by atoms with Gasteiger partial charge in [-0.3, -0.25) is 24.1 Å². The van der Waals surface area contributed by atoms with Crippen molar-refractivity contribution >= 4 is 34.8 Å². The summed E-state index contributed by atoms with van der Waals surface area (Å²) in [7, 11) is 3.14. The molecular formula is C27H35N5O8. The standard InChI is InChI=1S/C27H35N5O8/c1-5-32(6-2)15-9-14(30-16(33)10-28)21(34)18-12(15)7-11-8-13-20(31(3)4)23(36)19(26(29)39)25(38)27(13,40)24(37)17(11)22(18)35/h9,11,13,20,34,36-37,40H,5-8,10,28H2,1-4H3,(H2,29,39)(H,30,33)/t11?,13?,20-,27?/m0/s1. The fraction of sp³-hybridized carbons (Fsp3) is 0.481. The number of primary amides is 1. The number of hydrogen-bond donors (Lipinski definition) is 7. The molecule has 0 saturated carbocycles. The summed E-state index contributed by atoms with van der Waals surface area (Å²) in [6, 6.07) is 0.492. The van der Waals surface area contributed by atoms with E-state index in [4.69, 9.17) is 11.5 Å². The third kappa shape index (κ3) is 4.03. The molecule has 0 heterocycles. The van der Waals surface area contributed by atoms with Gasteiger partial charge in [-0.05, 0) is 58.3 Å². The molecule has 0 fully saturated rings. The minimum atomic E-state index is -2.73. The van der Waals surface area contributed by atoms with Gasteiger partial charge in [0.2, 0.25) is 11.7 Å². The van der Waals surface area contributed by atoms with E-state index < -0.39 is 69.7 Å². The van der Waals surface area contributed by atoms with E-state index in [0.717, 1.165) is 0 Å². The monoisotopic (exact) mass is 557 g/mol. The number of aliphatic hydroxyl groups is 3. The zero-order chi connectivity index (χ0) is 29.8. The zero-order valence-corrected chi connectivity index (χ0v) is 22.8. The summed E-state index contributed by atoms with van der Waals surface area (Å²) < 4.78 is 0. The van der Waals surface area contributed by atoms with E-state index in [9.17, 15) is 39.6 Å². The number of aromatic hydroxyl groups is 1. The van der Waals surface area contributed by atoms with E-state index in [1.54, 1.807) is 20.2 Å². The summed E-state index contributed by atoms with van der Waals surface area (Å²) in [5.41, 5.74) is 7.74. The van der Waals surface area contributed by atoms with E-state index in [0.29, 0.717) is 24.3 Å². The van der Waals surface area contributed by atoms with Gasteiger partial charge in [-0.25, -0.2) is 0 Å². The van der Waals surface area contributed by atoms with Crippen LogP contribution in [-0.4, -0.2) is 94.1 Å². The lowest BCUT2D eigenvalue weighted by molar-refractivity contribution is -0.148. The van der Waals surface area contributed by atoms with Gasteiger partial charge in [0.05, 0.1) is 23.8 Å². The number of anilines is 2. The van der Waals surface area contributed by atoms with Crippen LogP contribution >= 0.6 is 0 Å². The van der Waals surface area contributed by atoms with Crippen molar-refractivity contribution in [3.63, 3.8) is 0 Å². The Labute approximate surface area is 230 Å². The van der Waals surface area contributed by atoms with Gasteiger partial charge >= 0.3 is 0 Å². The van der Waals surface area contributed by atoms with Crippen molar-refractivity contribution in [2.24, 2.45) is 23.3 Å². The lowest BCUT2D eigenvalue weighted by Crippen LogP contribution is -2.63. The van der Waals surface area contributed by atoms with Crippen molar-refractivity contribution in [1.29, 1.82) is 0 Å². The number of benzene rings is 1. The molecule has 0 aromatic heterocycles. The maximum Gasteiger partial charge on any atom is 0.255 e. The first kappa shape index (κ1) is 29.1. The highest BCUT2D eigenvalue weighted by molar-refractivity contribution is 6.25. The summed E-state index contributed by atoms with van der Waals surface area (Å²) in [5.74, 6) is -7.97. The number of hydrogen-bond acceptors (Lipinski definition) is 11. The number of phenols is 1. The van der Waals surface area contributed by atoms with Crippen LogP contribution in [0.5, 0.6) is 5.75 Å². The summed E-state index contributed by atoms with van der Waals surface area (Å²) in [6.45, 7) is 4.53. The van der Waals surface area contributed by atoms with E-state index in [-0.39, 0.29) is 36.2 Å². The minimum Gasteiger partial charge on any atom is -0.510 e. The number of amides is 2. The molecular weight excluding hydrogens is 522 g/mol. The smallest absolute Gasteiger partial charge is 0.255 e. The Kier molecular flexibility index (Phi) is 7.43. The quantitative estimate of drug-likeness (QED) is 0.173. The minimum absolute atomic E-state index is 0.0180. The van der Waals surface area contributed by atoms with Gasteiger partial charge in [0.1, 0.15) is 17.1 Å². The molecule has 0 bridgehead atoms. The first-order valence-electron chi connectivity index (χ1n) is 13.0. The summed E-state index contributed by atoms with van der Waals surface area (Å²) in [6.07, 6.45) is 0.120. The van der Waals surface area contributed by atoms with Gasteiger partial charge in [0.15, 0.2) is 17.1 Å². The molecule has 1 aromatic rings. The molecule has 0 spiro atoms. The SMILES string of the molecule is CCN(CC)c1cc(NC(=O)CN)c(O)c2c1CC1CC3[C@H](N(C)C)C(O)=C(C(N)=O)C(=O)C3(O)C(O)=C1C2=O. The van der Waals surface area contributed by atoms with Gasteiger partial charge in [0.25, 0.3) is 5.91 Å². The molecule has 1 aromatic carbocycles. The fourth-order valence-corrected chi connectivity index (χ4v) is 6.44. The van der Waals surface area contributed by atoms with Gasteiger partial charge in [-0.1, -0.05) is 0 Å². The Morgan fingerprint density at radius 2 is 1.77 bits per heavy atom. The molecule has 9 N–H and O–H groups in total. The normalized spacial score (nSPS) is 25.9. The number of nitrogens with one attached hydrogen (secondary N) is 1. The highest BCUT2D eigenvalue weighted by atomic mass is 16.3. The molecule has 216 valence electrons. The van der Waals surface area contributed by atoms with Crippen LogP contribution in [0.4, 0.5) is 11.4 Å². The second kappa shape index (κ2) is 10.2. The average molecular weight is 558 g/mol. The molecule has 13 heteroatoms. The Morgan fingerprint density at radius 1 is 1.15 bits per heavy atom. The van der Waals surface area contributed by atoms with Crippen LogP contribution in [0.2, 0.25) is 0 Å². The van der Waals surface area contributed by atoms with Crippen molar-refractivity contribution in [2.45, 2.75) is 38.3 Å². The number of nitrogens with zero attached hydrogens (tertiary/aromatic N) is 2. The van der Waals surface area contributed by atoms with E-state index in [2.05, 4.69) is 5.32 Å². The summed E-state index contributed by atoms with van der Waals surface area (Å²) >= 11 is 0. The summed E-state index contributed by atoms with van der Waals surface area (Å²) in [4.78, 5) is 55.1. The van der Waals surface area contributed by atoms with Crippen molar-refractivity contribution in [1.82, 2.24) is 4.90 Å². The number of phenolic OH excluding ortho intramolecular Hbond substituents is 1. The molecule has 3 unspecified atom stereocenters. The maximum atomic E-state index is 14.0. The van der Waals surface area contributed by atoms with Crippen LogP contribution in [0.15, 0.2) is 28.7 Å². The number of likely N-dealkylation sites (N-methyl/N-ethyl adjacent to an activating group) is 1. The van der Waals surface area contributed by atoms with Gasteiger partial charge in [0, 0.05) is 30.3 Å². The highest BCUT2D eigenvalue weighted by Gasteiger charge is 2.63. The number of allylic oxidation sites excluding steroid dienone is 1. The average Bonchev–Trinajstić information content (AvgIpc) is 2.88. The molecule has 0 aliphatic heterocycles. The number of carbonyl (C=O) groups is 4. The molecule has 4 atom stereocenters. The van der Waals surface area contributed by atoms with E-state index in [1.165, 1.54) is 4.90 Å². The van der Waals surface area contributed by atoms with Crippen molar-refractivity contribution in [3.05, 3.63) is 39.9 Å². The number of rotatable bonds is 7. The largest absolute Gasteiger partial charge is 0.510 e. The topological polar surface area (TPSA) is 220 Å². The zero-order valence-electron chi connectivity index (χ0n) is 22.8. The molecule has 0 saturated heterocycles.